The quantitative estimate of drug-likeness (QED) is 0.466. The molecule has 3 aromatic carbocycles. The maximum Gasteiger partial charge on any atom is 0.230 e. The number of amides is 1. The molecule has 0 aliphatic carbocycles. The van der Waals surface area contributed by atoms with Crippen molar-refractivity contribution in [3.05, 3.63) is 83.4 Å². The predicted molar refractivity (Wildman–Crippen MR) is 130 cm³/mol. The van der Waals surface area contributed by atoms with E-state index >= 15 is 8.78 Å². The second-order valence-corrected chi connectivity index (χ2v) is 10.9. The molecule has 1 saturated heterocycles. The van der Waals surface area contributed by atoms with E-state index < -0.39 is 33.3 Å². The molecule has 1 fully saturated rings. The molecule has 5 nitrogen and oxygen atoms in total. The van der Waals surface area contributed by atoms with Gasteiger partial charge in [-0.05, 0) is 37.1 Å². The lowest BCUT2D eigenvalue weighted by Crippen LogP contribution is -2.29. The van der Waals surface area contributed by atoms with Crippen LogP contribution in [0.1, 0.15) is 24.0 Å². The third-order valence-electron chi connectivity index (χ3n) is 6.24. The van der Waals surface area contributed by atoms with Crippen molar-refractivity contribution >= 4 is 27.2 Å². The van der Waals surface area contributed by atoms with E-state index in [4.69, 9.17) is 0 Å². The molecule has 0 bridgehead atoms. The SMILES string of the molecule is Cc1ccc(CC(=O)C[C@@H]2CCN(c3ccc(-c4ccccc4S(C)(=O)=O)c(F)c3F)C2=O)cc1. The molecule has 1 heterocycles. The zero-order chi connectivity index (χ0) is 25.3. The van der Waals surface area contributed by atoms with E-state index in [-0.39, 0.29) is 46.9 Å². The Bertz CT molecular complexity index is 1400. The van der Waals surface area contributed by atoms with E-state index in [0.717, 1.165) is 22.3 Å². The summed E-state index contributed by atoms with van der Waals surface area (Å²) >= 11 is 0. The number of benzene rings is 3. The fourth-order valence-corrected chi connectivity index (χ4v) is 5.32. The largest absolute Gasteiger partial charge is 0.309 e. The lowest BCUT2D eigenvalue weighted by atomic mass is 9.97. The summed E-state index contributed by atoms with van der Waals surface area (Å²) in [5, 5.41) is 0. The normalized spacial score (nSPS) is 16.1. The number of rotatable bonds is 7. The molecular weight excluding hydrogens is 472 g/mol. The third-order valence-corrected chi connectivity index (χ3v) is 7.40. The number of nitrogens with zero attached hydrogens (tertiary/aromatic N) is 1. The van der Waals surface area contributed by atoms with Crippen LogP contribution in [0.15, 0.2) is 65.6 Å². The lowest BCUT2D eigenvalue weighted by molar-refractivity contribution is -0.125. The summed E-state index contributed by atoms with van der Waals surface area (Å²) in [4.78, 5) is 26.5. The van der Waals surface area contributed by atoms with Gasteiger partial charge >= 0.3 is 0 Å². The van der Waals surface area contributed by atoms with E-state index in [1.54, 1.807) is 0 Å². The summed E-state index contributed by atoms with van der Waals surface area (Å²) in [5.41, 5.74) is 1.57. The number of sulfone groups is 1. The number of carbonyl (C=O) groups excluding carboxylic acids is 2. The van der Waals surface area contributed by atoms with Crippen LogP contribution in [0.4, 0.5) is 14.5 Å². The first-order valence-corrected chi connectivity index (χ1v) is 13.1. The van der Waals surface area contributed by atoms with Crippen LogP contribution in [-0.4, -0.2) is 32.9 Å². The fourth-order valence-electron chi connectivity index (χ4n) is 4.42. The van der Waals surface area contributed by atoms with Gasteiger partial charge in [0.05, 0.1) is 10.6 Å². The average Bonchev–Trinajstić information content (AvgIpc) is 3.16. The van der Waals surface area contributed by atoms with Crippen molar-refractivity contribution < 1.29 is 26.8 Å². The highest BCUT2D eigenvalue weighted by Crippen LogP contribution is 2.36. The van der Waals surface area contributed by atoms with Gasteiger partial charge < -0.3 is 4.90 Å². The average molecular weight is 498 g/mol. The molecule has 1 atom stereocenters. The van der Waals surface area contributed by atoms with E-state index in [0.29, 0.717) is 6.42 Å². The van der Waals surface area contributed by atoms with Crippen LogP contribution >= 0.6 is 0 Å². The molecule has 0 radical (unpaired) electrons. The minimum absolute atomic E-state index is 0.0349. The standard InChI is InChI=1S/C27H25F2NO4S/c1-17-7-9-18(10-8-17)15-20(31)16-19-13-14-30(27(19)32)23-12-11-22(25(28)26(23)29)21-5-3-4-6-24(21)35(2,33)34/h3-12,19H,13-16H2,1-2H3/t19-/m0/s1. The van der Waals surface area contributed by atoms with Gasteiger partial charge in [-0.3, -0.25) is 9.59 Å². The molecular formula is C27H25F2NO4S. The van der Waals surface area contributed by atoms with Gasteiger partial charge in [0.2, 0.25) is 5.91 Å². The maximum absolute atomic E-state index is 15.1. The van der Waals surface area contributed by atoms with Gasteiger partial charge in [-0.1, -0.05) is 48.0 Å². The Hall–Kier alpha value is -3.39. The summed E-state index contributed by atoms with van der Waals surface area (Å²) in [6, 6.07) is 15.9. The van der Waals surface area contributed by atoms with Gasteiger partial charge in [-0.15, -0.1) is 0 Å². The topological polar surface area (TPSA) is 71.5 Å². The van der Waals surface area contributed by atoms with Gasteiger partial charge in [0.15, 0.2) is 21.5 Å². The lowest BCUT2D eigenvalue weighted by Gasteiger charge is -2.19. The van der Waals surface area contributed by atoms with Crippen molar-refractivity contribution in [3.8, 4) is 11.1 Å². The molecule has 0 spiro atoms. The Morgan fingerprint density at radius 2 is 1.66 bits per heavy atom. The smallest absolute Gasteiger partial charge is 0.230 e. The second-order valence-electron chi connectivity index (χ2n) is 8.91. The summed E-state index contributed by atoms with van der Waals surface area (Å²) in [6.45, 7) is 2.12. The van der Waals surface area contributed by atoms with Gasteiger partial charge in [0.25, 0.3) is 0 Å². The molecule has 0 N–H and O–H groups in total. The van der Waals surface area contributed by atoms with E-state index in [2.05, 4.69) is 0 Å². The first kappa shape index (κ1) is 24.7. The molecule has 0 aromatic heterocycles. The Morgan fingerprint density at radius 1 is 0.971 bits per heavy atom. The molecule has 0 unspecified atom stereocenters. The van der Waals surface area contributed by atoms with Crippen LogP contribution in [0.3, 0.4) is 0 Å². The van der Waals surface area contributed by atoms with Gasteiger partial charge in [0, 0.05) is 42.7 Å². The number of hydrogen-bond donors (Lipinski definition) is 0. The summed E-state index contributed by atoms with van der Waals surface area (Å²) in [7, 11) is -3.68. The van der Waals surface area contributed by atoms with Crippen molar-refractivity contribution in [3.63, 3.8) is 0 Å². The van der Waals surface area contributed by atoms with Crippen molar-refractivity contribution in [1.82, 2.24) is 0 Å². The van der Waals surface area contributed by atoms with Crippen LogP contribution in [-0.2, 0) is 25.8 Å². The Morgan fingerprint density at radius 3 is 2.34 bits per heavy atom. The third kappa shape index (κ3) is 5.17. The Balaban J connectivity index is 1.54. The monoisotopic (exact) mass is 497 g/mol. The zero-order valence-electron chi connectivity index (χ0n) is 19.4. The van der Waals surface area contributed by atoms with Crippen molar-refractivity contribution in [1.29, 1.82) is 0 Å². The van der Waals surface area contributed by atoms with Crippen molar-refractivity contribution in [2.75, 3.05) is 17.7 Å². The van der Waals surface area contributed by atoms with E-state index in [9.17, 15) is 18.0 Å². The van der Waals surface area contributed by atoms with Crippen LogP contribution in [0.5, 0.6) is 0 Å². The highest BCUT2D eigenvalue weighted by molar-refractivity contribution is 7.90. The second kappa shape index (κ2) is 9.70. The molecule has 8 heteroatoms. The van der Waals surface area contributed by atoms with Crippen molar-refractivity contribution in [2.24, 2.45) is 5.92 Å². The summed E-state index contributed by atoms with van der Waals surface area (Å²) in [6.07, 6.45) is 1.60. The number of aryl methyl sites for hydroxylation is 1. The molecule has 4 rings (SSSR count). The predicted octanol–water partition coefficient (Wildman–Crippen LogP) is 4.90. The maximum atomic E-state index is 15.1. The Kier molecular flexibility index (Phi) is 6.85. The fraction of sp³-hybridized carbons (Fsp3) is 0.259. The van der Waals surface area contributed by atoms with Crippen LogP contribution in [0.2, 0.25) is 0 Å². The number of Topliss-reactive ketones (excluding diaryl/α,β-unsaturated/α-hetero) is 1. The number of halogens is 2. The number of anilines is 1. The zero-order valence-corrected chi connectivity index (χ0v) is 20.2. The first-order chi connectivity index (χ1) is 16.6. The minimum Gasteiger partial charge on any atom is -0.309 e. The van der Waals surface area contributed by atoms with Crippen LogP contribution in [0.25, 0.3) is 11.1 Å². The Labute approximate surface area is 203 Å². The molecule has 182 valence electrons. The van der Waals surface area contributed by atoms with Gasteiger partial charge in [-0.25, -0.2) is 17.2 Å². The molecule has 1 aliphatic heterocycles. The molecule has 35 heavy (non-hydrogen) atoms. The molecule has 3 aromatic rings. The molecule has 1 aliphatic rings. The molecule has 0 saturated carbocycles. The van der Waals surface area contributed by atoms with E-state index in [1.165, 1.54) is 36.4 Å². The van der Waals surface area contributed by atoms with E-state index in [1.807, 2.05) is 31.2 Å². The van der Waals surface area contributed by atoms with Crippen LogP contribution in [0, 0.1) is 24.5 Å². The first-order valence-electron chi connectivity index (χ1n) is 11.2. The number of carbonyl (C=O) groups is 2. The number of ketones is 1. The minimum atomic E-state index is -3.68. The van der Waals surface area contributed by atoms with Crippen LogP contribution < -0.4 is 4.90 Å². The van der Waals surface area contributed by atoms with Gasteiger partial charge in [0.1, 0.15) is 5.78 Å². The van der Waals surface area contributed by atoms with Gasteiger partial charge in [-0.2, -0.15) is 0 Å². The molecule has 1 amide bonds. The highest BCUT2D eigenvalue weighted by atomic mass is 32.2. The summed E-state index contributed by atoms with van der Waals surface area (Å²) < 4.78 is 54.4. The van der Waals surface area contributed by atoms with Crippen molar-refractivity contribution in [2.45, 2.75) is 31.1 Å². The summed E-state index contributed by atoms with van der Waals surface area (Å²) in [5.74, 6) is -3.57. The number of hydrogen-bond acceptors (Lipinski definition) is 4. The highest BCUT2D eigenvalue weighted by Gasteiger charge is 2.36.